The zero-order chi connectivity index (χ0) is 19.3. The average molecular weight is 500 g/mol. The van der Waals surface area contributed by atoms with Crippen LogP contribution < -0.4 is 10.6 Å². The second-order valence-corrected chi connectivity index (χ2v) is 6.36. The summed E-state index contributed by atoms with van der Waals surface area (Å²) in [7, 11) is 3.86. The van der Waals surface area contributed by atoms with E-state index in [-0.39, 0.29) is 24.0 Å². The Labute approximate surface area is 185 Å². The van der Waals surface area contributed by atoms with Crippen molar-refractivity contribution in [1.82, 2.24) is 25.3 Å². The first-order chi connectivity index (χ1) is 13.2. The van der Waals surface area contributed by atoms with Crippen LogP contribution in [0.5, 0.6) is 0 Å². The Morgan fingerprint density at radius 1 is 1.18 bits per heavy atom. The van der Waals surface area contributed by atoms with Crippen LogP contribution in [0, 0.1) is 0 Å². The molecule has 1 heterocycles. The Kier molecular flexibility index (Phi) is 12.5. The third kappa shape index (κ3) is 9.03. The summed E-state index contributed by atoms with van der Waals surface area (Å²) in [4.78, 5) is 6.93. The van der Waals surface area contributed by atoms with Gasteiger partial charge in [-0.25, -0.2) is 9.67 Å². The Morgan fingerprint density at radius 2 is 1.96 bits per heavy atom. The molecule has 0 aliphatic rings. The largest absolute Gasteiger partial charge is 0.385 e. The summed E-state index contributed by atoms with van der Waals surface area (Å²) in [5, 5.41) is 11.3. The topological polar surface area (TPSA) is 66.7 Å². The summed E-state index contributed by atoms with van der Waals surface area (Å²) in [6, 6.07) is 12.1. The fourth-order valence-electron chi connectivity index (χ4n) is 2.63. The van der Waals surface area contributed by atoms with Gasteiger partial charge in [-0.2, -0.15) is 5.10 Å². The molecule has 2 aromatic rings. The highest BCUT2D eigenvalue weighted by Crippen LogP contribution is 2.07. The number of hydrogen-bond acceptors (Lipinski definition) is 4. The Hall–Kier alpha value is -1.65. The predicted octanol–water partition coefficient (Wildman–Crippen LogP) is 2.51. The second kappa shape index (κ2) is 14.4. The fraction of sp³-hybridized carbons (Fsp3) is 0.500. The smallest absolute Gasteiger partial charge is 0.191 e. The van der Waals surface area contributed by atoms with Gasteiger partial charge in [0.2, 0.25) is 0 Å². The molecule has 0 bridgehead atoms. The molecular formula is C20H33IN6O. The molecule has 8 heteroatoms. The lowest BCUT2D eigenvalue weighted by molar-refractivity contribution is 0.180. The van der Waals surface area contributed by atoms with Crippen molar-refractivity contribution in [2.45, 2.75) is 19.9 Å². The summed E-state index contributed by atoms with van der Waals surface area (Å²) >= 11 is 0. The molecular weight excluding hydrogens is 467 g/mol. The molecule has 0 unspecified atom stereocenters. The number of halogens is 1. The first kappa shape index (κ1) is 24.4. The van der Waals surface area contributed by atoms with Crippen molar-refractivity contribution >= 4 is 29.9 Å². The van der Waals surface area contributed by atoms with E-state index in [1.54, 1.807) is 7.11 Å². The normalized spacial score (nSPS) is 11.4. The van der Waals surface area contributed by atoms with Crippen molar-refractivity contribution in [2.24, 2.45) is 4.99 Å². The first-order valence-electron chi connectivity index (χ1n) is 9.52. The second-order valence-electron chi connectivity index (χ2n) is 6.36. The van der Waals surface area contributed by atoms with E-state index >= 15 is 0 Å². The number of para-hydroxylation sites is 1. The number of benzene rings is 1. The van der Waals surface area contributed by atoms with Gasteiger partial charge < -0.3 is 20.3 Å². The lowest BCUT2D eigenvalue weighted by atomic mass is 10.3. The van der Waals surface area contributed by atoms with Crippen molar-refractivity contribution in [1.29, 1.82) is 0 Å². The molecule has 0 atom stereocenters. The number of aromatic nitrogens is 2. The van der Waals surface area contributed by atoms with E-state index in [4.69, 9.17) is 4.74 Å². The van der Waals surface area contributed by atoms with E-state index in [2.05, 4.69) is 39.6 Å². The lowest BCUT2D eigenvalue weighted by Gasteiger charge is -2.18. The molecule has 0 amide bonds. The number of methoxy groups -OCH3 is 1. The molecule has 0 saturated carbocycles. The number of nitrogens with one attached hydrogen (secondary N) is 2. The molecule has 2 N–H and O–H groups in total. The zero-order valence-corrected chi connectivity index (χ0v) is 19.4. The van der Waals surface area contributed by atoms with Crippen LogP contribution in [0.4, 0.5) is 0 Å². The van der Waals surface area contributed by atoms with Gasteiger partial charge in [0.1, 0.15) is 0 Å². The minimum absolute atomic E-state index is 0. The van der Waals surface area contributed by atoms with E-state index in [0.29, 0.717) is 6.54 Å². The van der Waals surface area contributed by atoms with Crippen LogP contribution in [0.15, 0.2) is 47.6 Å². The van der Waals surface area contributed by atoms with Gasteiger partial charge in [-0.1, -0.05) is 18.2 Å². The summed E-state index contributed by atoms with van der Waals surface area (Å²) in [6.07, 6.45) is 3.01. The van der Waals surface area contributed by atoms with Gasteiger partial charge in [0, 0.05) is 46.1 Å². The molecule has 1 aromatic carbocycles. The molecule has 0 aliphatic heterocycles. The van der Waals surface area contributed by atoms with Gasteiger partial charge in [-0.3, -0.25) is 0 Å². The number of likely N-dealkylation sites (N-methyl/N-ethyl adjacent to an activating group) is 1. The number of hydrogen-bond donors (Lipinski definition) is 2. The number of ether oxygens (including phenoxy) is 1. The maximum atomic E-state index is 5.09. The molecule has 28 heavy (non-hydrogen) atoms. The molecule has 0 fully saturated rings. The number of nitrogens with zero attached hydrogens (tertiary/aromatic N) is 4. The molecule has 7 nitrogen and oxygen atoms in total. The minimum atomic E-state index is 0. The zero-order valence-electron chi connectivity index (χ0n) is 17.1. The molecule has 1 aromatic heterocycles. The van der Waals surface area contributed by atoms with Crippen LogP contribution in [0.25, 0.3) is 5.69 Å². The van der Waals surface area contributed by atoms with Crippen LogP contribution in [0.3, 0.4) is 0 Å². The average Bonchev–Trinajstić information content (AvgIpc) is 3.16. The summed E-state index contributed by atoms with van der Waals surface area (Å²) in [5.74, 6) is 0.817. The van der Waals surface area contributed by atoms with Crippen LogP contribution in [0.2, 0.25) is 0 Å². The minimum Gasteiger partial charge on any atom is -0.385 e. The van der Waals surface area contributed by atoms with Gasteiger partial charge in [-0.15, -0.1) is 24.0 Å². The third-order valence-electron chi connectivity index (χ3n) is 4.08. The monoisotopic (exact) mass is 500 g/mol. The van der Waals surface area contributed by atoms with Gasteiger partial charge in [0.15, 0.2) is 5.96 Å². The van der Waals surface area contributed by atoms with Gasteiger partial charge >= 0.3 is 0 Å². The number of rotatable bonds is 11. The van der Waals surface area contributed by atoms with E-state index in [1.165, 1.54) is 0 Å². The first-order valence-corrected chi connectivity index (χ1v) is 9.52. The molecule has 0 aliphatic carbocycles. The Bertz CT molecular complexity index is 676. The summed E-state index contributed by atoms with van der Waals surface area (Å²) in [6.45, 7) is 7.06. The highest BCUT2D eigenvalue weighted by Gasteiger charge is 2.03. The standard InChI is InChI=1S/C20H32N6O.HI/c1-4-21-20(22-12-15-25(2)13-8-16-27-3)23-17-18-11-14-26(24-18)19-9-6-5-7-10-19;/h5-7,9-11,14H,4,8,12-13,15-17H2,1-3H3,(H2,21,22,23);1H. The molecule has 0 saturated heterocycles. The highest BCUT2D eigenvalue weighted by molar-refractivity contribution is 14.0. The Morgan fingerprint density at radius 3 is 2.68 bits per heavy atom. The quantitative estimate of drug-likeness (QED) is 0.215. The van der Waals surface area contributed by atoms with Crippen molar-refractivity contribution in [2.75, 3.05) is 46.9 Å². The lowest BCUT2D eigenvalue weighted by Crippen LogP contribution is -2.41. The maximum absolute atomic E-state index is 5.09. The van der Waals surface area contributed by atoms with Crippen molar-refractivity contribution in [3.05, 3.63) is 48.3 Å². The van der Waals surface area contributed by atoms with Crippen molar-refractivity contribution in [3.8, 4) is 5.69 Å². The van der Waals surface area contributed by atoms with Crippen LogP contribution in [-0.2, 0) is 11.3 Å². The highest BCUT2D eigenvalue weighted by atomic mass is 127. The molecule has 0 radical (unpaired) electrons. The Balaban J connectivity index is 0.00000392. The fourth-order valence-corrected chi connectivity index (χ4v) is 2.63. The SMILES string of the molecule is CCNC(=NCc1ccn(-c2ccccc2)n1)NCCN(C)CCCOC.I. The van der Waals surface area contributed by atoms with Gasteiger partial charge in [0.05, 0.1) is 17.9 Å². The maximum Gasteiger partial charge on any atom is 0.191 e. The molecule has 0 spiro atoms. The molecule has 156 valence electrons. The van der Waals surface area contributed by atoms with E-state index in [9.17, 15) is 0 Å². The van der Waals surface area contributed by atoms with E-state index in [0.717, 1.165) is 56.5 Å². The van der Waals surface area contributed by atoms with Gasteiger partial charge in [-0.05, 0) is 38.6 Å². The van der Waals surface area contributed by atoms with E-state index in [1.807, 2.05) is 47.3 Å². The van der Waals surface area contributed by atoms with Crippen molar-refractivity contribution in [3.63, 3.8) is 0 Å². The van der Waals surface area contributed by atoms with Crippen LogP contribution in [-0.4, -0.2) is 67.6 Å². The van der Waals surface area contributed by atoms with E-state index < -0.39 is 0 Å². The summed E-state index contributed by atoms with van der Waals surface area (Å²) < 4.78 is 6.97. The predicted molar refractivity (Wildman–Crippen MR) is 126 cm³/mol. The van der Waals surface area contributed by atoms with Gasteiger partial charge in [0.25, 0.3) is 0 Å². The number of aliphatic imine (C=N–C) groups is 1. The van der Waals surface area contributed by atoms with Crippen molar-refractivity contribution < 1.29 is 4.74 Å². The third-order valence-corrected chi connectivity index (χ3v) is 4.08. The van der Waals surface area contributed by atoms with Crippen LogP contribution >= 0.6 is 24.0 Å². The summed E-state index contributed by atoms with van der Waals surface area (Å²) in [5.41, 5.74) is 1.99. The molecule has 2 rings (SSSR count). The number of guanidine groups is 1. The van der Waals surface area contributed by atoms with Crippen LogP contribution in [0.1, 0.15) is 19.0 Å².